The molecule has 3 aromatic rings. The maximum atomic E-state index is 12.5. The summed E-state index contributed by atoms with van der Waals surface area (Å²) >= 11 is 3.68. The number of nitro benzene ring substituents is 1. The third-order valence-corrected chi connectivity index (χ3v) is 6.52. The molecule has 9 nitrogen and oxygen atoms in total. The van der Waals surface area contributed by atoms with Crippen molar-refractivity contribution >= 4 is 57.9 Å². The minimum atomic E-state index is -0.923. The van der Waals surface area contributed by atoms with E-state index in [0.717, 1.165) is 34.9 Å². The third-order valence-electron chi connectivity index (χ3n) is 3.52. The van der Waals surface area contributed by atoms with Gasteiger partial charge in [-0.3, -0.25) is 25.0 Å². The SMILES string of the molecule is Cc1csc(Sc2ccc([N+](=O)[O-])cc2C(=O)OCC(=O)NC(=O)c2cccs2)n1. The number of benzene rings is 1. The molecule has 0 saturated carbocycles. The molecule has 30 heavy (non-hydrogen) atoms. The molecule has 2 heterocycles. The number of rotatable bonds is 7. The topological polar surface area (TPSA) is 128 Å². The second-order valence-corrected chi connectivity index (χ2v) is 8.82. The van der Waals surface area contributed by atoms with Crippen molar-refractivity contribution in [1.82, 2.24) is 10.3 Å². The molecule has 0 aliphatic carbocycles. The number of ether oxygens (including phenoxy) is 1. The minimum Gasteiger partial charge on any atom is -0.452 e. The van der Waals surface area contributed by atoms with E-state index in [1.807, 2.05) is 12.3 Å². The van der Waals surface area contributed by atoms with Crippen LogP contribution in [0.2, 0.25) is 0 Å². The lowest BCUT2D eigenvalue weighted by Gasteiger charge is -2.08. The predicted octanol–water partition coefficient (Wildman–Crippen LogP) is 3.69. The van der Waals surface area contributed by atoms with Gasteiger partial charge in [-0.2, -0.15) is 0 Å². The van der Waals surface area contributed by atoms with Crippen LogP contribution >= 0.6 is 34.4 Å². The molecule has 154 valence electrons. The number of nitro groups is 1. The van der Waals surface area contributed by atoms with Crippen LogP contribution in [0.5, 0.6) is 0 Å². The fourth-order valence-electron chi connectivity index (χ4n) is 2.19. The number of imide groups is 1. The second kappa shape index (κ2) is 9.61. The van der Waals surface area contributed by atoms with E-state index in [4.69, 9.17) is 4.74 Å². The molecule has 0 atom stereocenters. The van der Waals surface area contributed by atoms with Crippen LogP contribution in [0.15, 0.2) is 50.3 Å². The Labute approximate surface area is 182 Å². The van der Waals surface area contributed by atoms with E-state index in [2.05, 4.69) is 10.3 Å². The summed E-state index contributed by atoms with van der Waals surface area (Å²) in [7, 11) is 0. The lowest BCUT2D eigenvalue weighted by atomic mass is 10.2. The van der Waals surface area contributed by atoms with Crippen LogP contribution in [-0.2, 0) is 9.53 Å². The van der Waals surface area contributed by atoms with Gasteiger partial charge in [0.2, 0.25) is 0 Å². The number of thiophene rings is 1. The van der Waals surface area contributed by atoms with Crippen LogP contribution in [0.3, 0.4) is 0 Å². The Morgan fingerprint density at radius 2 is 2.07 bits per heavy atom. The van der Waals surface area contributed by atoms with Crippen LogP contribution < -0.4 is 5.32 Å². The van der Waals surface area contributed by atoms with Crippen molar-refractivity contribution in [3.63, 3.8) is 0 Å². The Hall–Kier alpha value is -3.09. The number of nitrogens with one attached hydrogen (secondary N) is 1. The quantitative estimate of drug-likeness (QED) is 0.319. The number of thiazole rings is 1. The Morgan fingerprint density at radius 1 is 1.27 bits per heavy atom. The van der Waals surface area contributed by atoms with Gasteiger partial charge in [-0.25, -0.2) is 9.78 Å². The molecule has 1 aromatic carbocycles. The minimum absolute atomic E-state index is 0.0700. The molecule has 0 unspecified atom stereocenters. The summed E-state index contributed by atoms with van der Waals surface area (Å²) in [6.07, 6.45) is 0. The van der Waals surface area contributed by atoms with Gasteiger partial charge in [0.05, 0.1) is 15.4 Å². The van der Waals surface area contributed by atoms with E-state index in [0.29, 0.717) is 14.1 Å². The van der Waals surface area contributed by atoms with Gasteiger partial charge in [-0.15, -0.1) is 22.7 Å². The number of non-ortho nitro benzene ring substituents is 1. The van der Waals surface area contributed by atoms with Crippen molar-refractivity contribution in [2.24, 2.45) is 0 Å². The van der Waals surface area contributed by atoms with Crippen LogP contribution in [0.4, 0.5) is 5.69 Å². The smallest absolute Gasteiger partial charge is 0.340 e. The molecule has 0 aliphatic heterocycles. The number of carbonyl (C=O) groups excluding carboxylic acids is 3. The van der Waals surface area contributed by atoms with E-state index in [1.165, 1.54) is 23.5 Å². The van der Waals surface area contributed by atoms with Gasteiger partial charge >= 0.3 is 5.97 Å². The molecule has 2 amide bonds. The van der Waals surface area contributed by atoms with Crippen LogP contribution in [0.25, 0.3) is 0 Å². The number of aryl methyl sites for hydroxylation is 1. The summed E-state index contributed by atoms with van der Waals surface area (Å²) in [6, 6.07) is 6.99. The zero-order valence-corrected chi connectivity index (χ0v) is 17.8. The van der Waals surface area contributed by atoms with Crippen LogP contribution in [0, 0.1) is 17.0 Å². The molecule has 2 aromatic heterocycles. The maximum Gasteiger partial charge on any atom is 0.340 e. The summed E-state index contributed by atoms with van der Waals surface area (Å²) in [5.41, 5.74) is 0.444. The average molecular weight is 464 g/mol. The van der Waals surface area contributed by atoms with Crippen LogP contribution in [-0.4, -0.2) is 34.3 Å². The van der Waals surface area contributed by atoms with Crippen molar-refractivity contribution < 1.29 is 24.0 Å². The molecule has 0 fully saturated rings. The number of hydrogen-bond acceptors (Lipinski definition) is 10. The molecule has 0 saturated heterocycles. The molecule has 12 heteroatoms. The number of amides is 2. The van der Waals surface area contributed by atoms with E-state index >= 15 is 0 Å². The van der Waals surface area contributed by atoms with E-state index in [1.54, 1.807) is 17.5 Å². The lowest BCUT2D eigenvalue weighted by Crippen LogP contribution is -2.33. The van der Waals surface area contributed by atoms with Gasteiger partial charge in [-0.1, -0.05) is 17.8 Å². The first-order valence-corrected chi connectivity index (χ1v) is 10.8. The Bertz CT molecular complexity index is 1110. The van der Waals surface area contributed by atoms with Gasteiger partial charge in [0.1, 0.15) is 0 Å². The largest absolute Gasteiger partial charge is 0.452 e. The van der Waals surface area contributed by atoms with Crippen molar-refractivity contribution in [1.29, 1.82) is 0 Å². The molecular weight excluding hydrogens is 450 g/mol. The van der Waals surface area contributed by atoms with Gasteiger partial charge in [0, 0.05) is 28.1 Å². The zero-order valence-electron chi connectivity index (χ0n) is 15.3. The first kappa shape index (κ1) is 21.6. The zero-order chi connectivity index (χ0) is 21.7. The number of esters is 1. The third kappa shape index (κ3) is 5.49. The van der Waals surface area contributed by atoms with Crippen molar-refractivity contribution in [3.8, 4) is 0 Å². The van der Waals surface area contributed by atoms with E-state index < -0.39 is 29.3 Å². The molecule has 0 radical (unpaired) electrons. The highest BCUT2D eigenvalue weighted by Crippen LogP contribution is 2.34. The Balaban J connectivity index is 1.71. The van der Waals surface area contributed by atoms with Crippen LogP contribution in [0.1, 0.15) is 25.7 Å². The summed E-state index contributed by atoms with van der Waals surface area (Å²) in [6.45, 7) is 1.11. The fraction of sp³-hybridized carbons (Fsp3) is 0.111. The highest BCUT2D eigenvalue weighted by atomic mass is 32.2. The molecule has 0 aliphatic rings. The van der Waals surface area contributed by atoms with Gasteiger partial charge in [0.15, 0.2) is 10.9 Å². The maximum absolute atomic E-state index is 12.5. The van der Waals surface area contributed by atoms with Crippen molar-refractivity contribution in [2.45, 2.75) is 16.2 Å². The lowest BCUT2D eigenvalue weighted by molar-refractivity contribution is -0.384. The summed E-state index contributed by atoms with van der Waals surface area (Å²) in [4.78, 5) is 51.8. The number of nitrogens with zero attached hydrogens (tertiary/aromatic N) is 2. The number of aromatic nitrogens is 1. The Morgan fingerprint density at radius 3 is 2.70 bits per heavy atom. The standard InChI is InChI=1S/C18H13N3O6S3/c1-10-9-29-18(19-10)30-13-5-4-11(21(25)26)7-12(13)17(24)27-8-15(22)20-16(23)14-3-2-6-28-14/h2-7,9H,8H2,1H3,(H,20,22,23). The summed E-state index contributed by atoms with van der Waals surface area (Å²) in [5, 5.41) is 16.7. The van der Waals surface area contributed by atoms with Crippen molar-refractivity contribution in [3.05, 3.63) is 67.3 Å². The predicted molar refractivity (Wildman–Crippen MR) is 111 cm³/mol. The van der Waals surface area contributed by atoms with Gasteiger partial charge in [-0.05, 0) is 24.4 Å². The average Bonchev–Trinajstić information content (AvgIpc) is 3.38. The van der Waals surface area contributed by atoms with E-state index in [-0.39, 0.29) is 11.3 Å². The summed E-state index contributed by atoms with van der Waals surface area (Å²) in [5.74, 6) is -2.33. The normalized spacial score (nSPS) is 10.4. The molecule has 3 rings (SSSR count). The summed E-state index contributed by atoms with van der Waals surface area (Å²) < 4.78 is 5.62. The number of hydrogen-bond donors (Lipinski definition) is 1. The first-order valence-electron chi connectivity index (χ1n) is 8.26. The second-order valence-electron chi connectivity index (χ2n) is 5.73. The van der Waals surface area contributed by atoms with Gasteiger partial charge in [0.25, 0.3) is 17.5 Å². The molecule has 0 bridgehead atoms. The first-order chi connectivity index (χ1) is 14.3. The Kier molecular flexibility index (Phi) is 6.92. The monoisotopic (exact) mass is 463 g/mol. The highest BCUT2D eigenvalue weighted by molar-refractivity contribution is 8.01. The molecule has 1 N–H and O–H groups in total. The highest BCUT2D eigenvalue weighted by Gasteiger charge is 2.21. The fourth-order valence-corrected chi connectivity index (χ4v) is 4.71. The number of carbonyl (C=O) groups is 3. The van der Waals surface area contributed by atoms with Crippen molar-refractivity contribution in [2.75, 3.05) is 6.61 Å². The van der Waals surface area contributed by atoms with Gasteiger partial charge < -0.3 is 4.74 Å². The molecule has 0 spiro atoms. The van der Waals surface area contributed by atoms with E-state index in [9.17, 15) is 24.5 Å². The molecular formula is C18H13N3O6S3.